The highest BCUT2D eigenvalue weighted by atomic mass is 16.5. The molecule has 1 aromatic rings. The number of carbonyl (C=O) groups excluding carboxylic acids is 2. The summed E-state index contributed by atoms with van der Waals surface area (Å²) in [4.78, 5) is 26.7. The molecule has 0 saturated carbocycles. The average Bonchev–Trinajstić information content (AvgIpc) is 2.98. The van der Waals surface area contributed by atoms with Gasteiger partial charge >= 0.3 is 0 Å². The molecule has 3 rings (SSSR count). The third-order valence-electron chi connectivity index (χ3n) is 5.46. The van der Waals surface area contributed by atoms with E-state index in [-0.39, 0.29) is 18.4 Å². The lowest BCUT2D eigenvalue weighted by Crippen LogP contribution is -2.42. The van der Waals surface area contributed by atoms with Crippen molar-refractivity contribution in [2.45, 2.75) is 51.1 Å². The van der Waals surface area contributed by atoms with Crippen molar-refractivity contribution in [2.75, 3.05) is 25.5 Å². The predicted molar refractivity (Wildman–Crippen MR) is 101 cm³/mol. The van der Waals surface area contributed by atoms with Crippen LogP contribution in [0.4, 0.5) is 5.69 Å². The first-order chi connectivity index (χ1) is 12.6. The van der Waals surface area contributed by atoms with Gasteiger partial charge in [0.1, 0.15) is 5.75 Å². The van der Waals surface area contributed by atoms with Crippen LogP contribution >= 0.6 is 0 Å². The molecule has 2 aliphatic rings. The first-order valence-corrected chi connectivity index (χ1v) is 9.55. The maximum absolute atomic E-state index is 12.7. The predicted octanol–water partition coefficient (Wildman–Crippen LogP) is 2.40. The Balaban J connectivity index is 1.51. The number of amides is 2. The number of ether oxygens (including phenoxy) is 1. The zero-order valence-corrected chi connectivity index (χ0v) is 15.7. The number of nitrogens with zero attached hydrogens (tertiary/aromatic N) is 1. The molecule has 2 unspecified atom stereocenters. The third-order valence-corrected chi connectivity index (χ3v) is 5.46. The molecule has 2 aliphatic heterocycles. The topological polar surface area (TPSA) is 70.7 Å². The lowest BCUT2D eigenvalue weighted by atomic mass is 9.89. The fraction of sp³-hybridized carbons (Fsp3) is 0.600. The van der Waals surface area contributed by atoms with Gasteiger partial charge in [0.15, 0.2) is 0 Å². The van der Waals surface area contributed by atoms with Gasteiger partial charge in [-0.3, -0.25) is 9.59 Å². The highest BCUT2D eigenvalue weighted by molar-refractivity contribution is 5.94. The number of hydrogen-bond donors (Lipinski definition) is 2. The smallest absolute Gasteiger partial charge is 0.243 e. The maximum Gasteiger partial charge on any atom is 0.243 e. The molecule has 2 heterocycles. The van der Waals surface area contributed by atoms with Crippen molar-refractivity contribution in [2.24, 2.45) is 5.92 Å². The van der Waals surface area contributed by atoms with E-state index in [0.717, 1.165) is 12.8 Å². The van der Waals surface area contributed by atoms with Gasteiger partial charge in [0.2, 0.25) is 11.8 Å². The normalized spacial score (nSPS) is 24.2. The molecule has 0 aliphatic carbocycles. The van der Waals surface area contributed by atoms with Gasteiger partial charge in [-0.15, -0.1) is 0 Å². The minimum atomic E-state index is -0.182. The van der Waals surface area contributed by atoms with Crippen LogP contribution in [-0.2, 0) is 9.59 Å². The fourth-order valence-corrected chi connectivity index (χ4v) is 4.17. The minimum Gasteiger partial charge on any atom is -0.497 e. The molecular weight excluding hydrogens is 330 g/mol. The second-order valence-corrected chi connectivity index (χ2v) is 7.37. The Labute approximate surface area is 155 Å². The van der Waals surface area contributed by atoms with Crippen molar-refractivity contribution >= 4 is 17.5 Å². The van der Waals surface area contributed by atoms with Crippen LogP contribution in [0.2, 0.25) is 0 Å². The summed E-state index contributed by atoms with van der Waals surface area (Å²) in [6.45, 7) is 2.55. The molecular formula is C20H29N3O3. The van der Waals surface area contributed by atoms with Crippen LogP contribution in [0.3, 0.4) is 0 Å². The van der Waals surface area contributed by atoms with Crippen LogP contribution in [0.1, 0.15) is 39.0 Å². The van der Waals surface area contributed by atoms with E-state index in [9.17, 15) is 9.59 Å². The molecule has 2 bridgehead atoms. The number of nitrogens with one attached hydrogen (secondary N) is 2. The number of rotatable bonds is 7. The molecule has 6 heteroatoms. The van der Waals surface area contributed by atoms with Gasteiger partial charge in [-0.25, -0.2) is 0 Å². The molecule has 142 valence electrons. The molecule has 0 aromatic heterocycles. The summed E-state index contributed by atoms with van der Waals surface area (Å²) in [6, 6.07) is 8.38. The number of likely N-dealkylation sites (N-methyl/N-ethyl adjacent to an activating group) is 1. The molecule has 2 fully saturated rings. The van der Waals surface area contributed by atoms with Crippen molar-refractivity contribution < 1.29 is 14.3 Å². The zero-order chi connectivity index (χ0) is 18.5. The van der Waals surface area contributed by atoms with Crippen molar-refractivity contribution in [3.63, 3.8) is 0 Å². The van der Waals surface area contributed by atoms with Crippen molar-refractivity contribution in [1.29, 1.82) is 0 Å². The summed E-state index contributed by atoms with van der Waals surface area (Å²) >= 11 is 0. The van der Waals surface area contributed by atoms with E-state index < -0.39 is 0 Å². The van der Waals surface area contributed by atoms with Crippen LogP contribution in [-0.4, -0.2) is 49.0 Å². The standard InChI is InChI=1S/C20H29N3O3/c1-3-23(13-19(24)22-15-5-4-6-18(12-15)26-2)20(25)11-14-9-16-7-8-17(10-14)21-16/h4-6,12,14,16-17,21H,3,7-11,13H2,1-2H3,(H,22,24). The number of piperidine rings is 1. The molecule has 0 radical (unpaired) electrons. The Morgan fingerprint density at radius 1 is 1.27 bits per heavy atom. The van der Waals surface area contributed by atoms with Gasteiger partial charge in [-0.1, -0.05) is 6.07 Å². The maximum atomic E-state index is 12.7. The Kier molecular flexibility index (Phi) is 6.14. The average molecular weight is 359 g/mol. The van der Waals surface area contributed by atoms with E-state index >= 15 is 0 Å². The summed E-state index contributed by atoms with van der Waals surface area (Å²) < 4.78 is 5.16. The Bertz CT molecular complexity index is 637. The fourth-order valence-electron chi connectivity index (χ4n) is 4.17. The minimum absolute atomic E-state index is 0.0830. The zero-order valence-electron chi connectivity index (χ0n) is 15.7. The van der Waals surface area contributed by atoms with E-state index in [4.69, 9.17) is 4.74 Å². The summed E-state index contributed by atoms with van der Waals surface area (Å²) in [5.74, 6) is 1.03. The van der Waals surface area contributed by atoms with Gasteiger partial charge < -0.3 is 20.3 Å². The van der Waals surface area contributed by atoms with E-state index in [2.05, 4.69) is 10.6 Å². The molecule has 1 aromatic carbocycles. The number of hydrogen-bond acceptors (Lipinski definition) is 4. The highest BCUT2D eigenvalue weighted by Crippen LogP contribution is 2.33. The van der Waals surface area contributed by atoms with Crippen LogP contribution in [0, 0.1) is 5.92 Å². The largest absolute Gasteiger partial charge is 0.497 e. The van der Waals surface area contributed by atoms with Gasteiger partial charge in [0.25, 0.3) is 0 Å². The van der Waals surface area contributed by atoms with Gasteiger partial charge in [-0.2, -0.15) is 0 Å². The van der Waals surface area contributed by atoms with Gasteiger partial charge in [0, 0.05) is 36.8 Å². The second-order valence-electron chi connectivity index (χ2n) is 7.37. The van der Waals surface area contributed by atoms with E-state index in [1.807, 2.05) is 25.1 Å². The van der Waals surface area contributed by atoms with Gasteiger partial charge in [0.05, 0.1) is 13.7 Å². The SMILES string of the molecule is CCN(CC(=O)Nc1cccc(OC)c1)C(=O)CC1CC2CCC(C1)N2. The van der Waals surface area contributed by atoms with Crippen molar-refractivity contribution in [3.8, 4) is 5.75 Å². The number of methoxy groups -OCH3 is 1. The lowest BCUT2D eigenvalue weighted by Gasteiger charge is -2.30. The number of anilines is 1. The van der Waals surface area contributed by atoms with E-state index in [1.165, 1.54) is 12.8 Å². The molecule has 2 N–H and O–H groups in total. The number of fused-ring (bicyclic) bond motifs is 2. The summed E-state index contributed by atoms with van der Waals surface area (Å²) in [7, 11) is 1.59. The number of carbonyl (C=O) groups is 2. The summed E-state index contributed by atoms with van der Waals surface area (Å²) in [5, 5.41) is 6.45. The molecule has 2 amide bonds. The van der Waals surface area contributed by atoms with Crippen LogP contribution in [0.25, 0.3) is 0 Å². The molecule has 0 spiro atoms. The van der Waals surface area contributed by atoms with E-state index in [0.29, 0.717) is 42.4 Å². The monoisotopic (exact) mass is 359 g/mol. The molecule has 2 saturated heterocycles. The first kappa shape index (κ1) is 18.7. The lowest BCUT2D eigenvalue weighted by molar-refractivity contribution is -0.135. The highest BCUT2D eigenvalue weighted by Gasteiger charge is 2.34. The quantitative estimate of drug-likeness (QED) is 0.784. The Hall–Kier alpha value is -2.08. The van der Waals surface area contributed by atoms with Crippen LogP contribution < -0.4 is 15.4 Å². The summed E-state index contributed by atoms with van der Waals surface area (Å²) in [6.07, 6.45) is 5.17. The van der Waals surface area contributed by atoms with E-state index in [1.54, 1.807) is 18.1 Å². The summed E-state index contributed by atoms with van der Waals surface area (Å²) in [5.41, 5.74) is 0.674. The molecule has 2 atom stereocenters. The molecule has 6 nitrogen and oxygen atoms in total. The van der Waals surface area contributed by atoms with Crippen LogP contribution in [0.5, 0.6) is 5.75 Å². The van der Waals surface area contributed by atoms with Crippen molar-refractivity contribution in [3.05, 3.63) is 24.3 Å². The third kappa shape index (κ3) is 4.75. The Morgan fingerprint density at radius 2 is 2.00 bits per heavy atom. The molecule has 26 heavy (non-hydrogen) atoms. The second kappa shape index (κ2) is 8.54. The van der Waals surface area contributed by atoms with Crippen LogP contribution in [0.15, 0.2) is 24.3 Å². The van der Waals surface area contributed by atoms with Gasteiger partial charge in [-0.05, 0) is 50.7 Å². The number of benzene rings is 1. The Morgan fingerprint density at radius 3 is 2.65 bits per heavy atom. The first-order valence-electron chi connectivity index (χ1n) is 9.55. The van der Waals surface area contributed by atoms with Crippen molar-refractivity contribution in [1.82, 2.24) is 10.2 Å².